The van der Waals surface area contributed by atoms with Gasteiger partial charge in [0.2, 0.25) is 11.8 Å². The molecule has 0 spiro atoms. The fourth-order valence-electron chi connectivity index (χ4n) is 8.20. The van der Waals surface area contributed by atoms with Crippen LogP contribution in [0.15, 0.2) is 48.2 Å². The molecule has 1 saturated heterocycles. The number of ether oxygens (including phenoxy) is 1. The van der Waals surface area contributed by atoms with Gasteiger partial charge in [0.25, 0.3) is 0 Å². The summed E-state index contributed by atoms with van der Waals surface area (Å²) in [6.07, 6.45) is 11.2. The Bertz CT molecular complexity index is 2000. The molecule has 4 aromatic rings. The number of likely N-dealkylation sites (tertiary alicyclic amines) is 1. The largest absolute Gasteiger partial charge is 0.488 e. The molecule has 50 heavy (non-hydrogen) atoms. The number of carbonyl (C=O) groups excluding carboxylic acids is 2. The number of hydrogen-bond acceptors (Lipinski definition) is 5. The van der Waals surface area contributed by atoms with Crippen molar-refractivity contribution < 1.29 is 14.3 Å². The first-order valence-corrected chi connectivity index (χ1v) is 18.7. The number of rotatable bonds is 10. The molecule has 1 aliphatic carbocycles. The standard InChI is InChI=1S/C41H52N6O3/c1-8-10-36(48)46(21-24(3)4)26(6)39-42-20-35(44-39)41(7)15-14-29-28(19-41)23-50-34-18-30-27(17-31(29)34)12-13-32-38(30)45-40(43-32)33-16-25(5)22-47(33)37(49)11-9-2/h12-14,17-20,24-26,33H,8-11,15-16,21-23H2,1-7H3,(H,42,44)(H,43,45)/t25-,26-,33-,41?/m0/s1. The van der Waals surface area contributed by atoms with E-state index >= 15 is 0 Å². The average Bonchev–Trinajstić information content (AvgIpc) is 3.85. The van der Waals surface area contributed by atoms with Crippen molar-refractivity contribution in [2.24, 2.45) is 11.8 Å². The van der Waals surface area contributed by atoms with Crippen LogP contribution >= 0.6 is 0 Å². The Morgan fingerprint density at radius 2 is 1.92 bits per heavy atom. The molecular formula is C41H52N6O3. The summed E-state index contributed by atoms with van der Waals surface area (Å²) in [5, 5.41) is 2.17. The SMILES string of the molecule is CCCC(=O)N(CC(C)C)[C@@H](C)c1ncc(C2(C)C=C3COc4cc5c(ccc6[nH]c([C@@H]7C[C@H](C)CN7C(=O)CCC)nc65)cc4C3=CC2)[nH]1. The van der Waals surface area contributed by atoms with Crippen molar-refractivity contribution in [2.75, 3.05) is 19.7 Å². The van der Waals surface area contributed by atoms with Gasteiger partial charge in [-0.1, -0.05) is 59.8 Å². The summed E-state index contributed by atoms with van der Waals surface area (Å²) >= 11 is 0. The Morgan fingerprint density at radius 1 is 1.12 bits per heavy atom. The molecule has 4 heterocycles. The molecule has 7 rings (SSSR count). The summed E-state index contributed by atoms with van der Waals surface area (Å²) in [5.74, 6) is 3.78. The van der Waals surface area contributed by atoms with Gasteiger partial charge in [0.05, 0.1) is 23.1 Å². The predicted octanol–water partition coefficient (Wildman–Crippen LogP) is 8.56. The second-order valence-electron chi connectivity index (χ2n) is 15.6. The molecule has 1 unspecified atom stereocenters. The maximum atomic E-state index is 13.0. The molecule has 2 amide bonds. The lowest BCUT2D eigenvalue weighted by atomic mass is 9.74. The summed E-state index contributed by atoms with van der Waals surface area (Å²) in [4.78, 5) is 47.1. The summed E-state index contributed by atoms with van der Waals surface area (Å²) < 4.78 is 6.47. The van der Waals surface area contributed by atoms with Crippen LogP contribution in [0.3, 0.4) is 0 Å². The number of aromatic nitrogens is 4. The van der Waals surface area contributed by atoms with Crippen LogP contribution in [0.25, 0.3) is 27.4 Å². The van der Waals surface area contributed by atoms with Gasteiger partial charge in [0, 0.05) is 54.2 Å². The van der Waals surface area contributed by atoms with Crippen LogP contribution in [-0.4, -0.2) is 61.2 Å². The van der Waals surface area contributed by atoms with E-state index in [0.29, 0.717) is 37.8 Å². The van der Waals surface area contributed by atoms with E-state index < -0.39 is 0 Å². The molecular weight excluding hydrogens is 624 g/mol. The average molecular weight is 677 g/mol. The highest BCUT2D eigenvalue weighted by molar-refractivity contribution is 6.07. The van der Waals surface area contributed by atoms with Crippen LogP contribution in [0, 0.1) is 11.8 Å². The van der Waals surface area contributed by atoms with Crippen LogP contribution in [0.1, 0.15) is 122 Å². The number of aromatic amines is 2. The molecule has 2 N–H and O–H groups in total. The van der Waals surface area contributed by atoms with Crippen molar-refractivity contribution >= 4 is 39.2 Å². The molecule has 2 aliphatic heterocycles. The van der Waals surface area contributed by atoms with Gasteiger partial charge in [-0.25, -0.2) is 9.97 Å². The summed E-state index contributed by atoms with van der Waals surface area (Å²) in [7, 11) is 0. The molecule has 9 nitrogen and oxygen atoms in total. The Balaban J connectivity index is 1.15. The van der Waals surface area contributed by atoms with E-state index in [1.165, 1.54) is 11.1 Å². The summed E-state index contributed by atoms with van der Waals surface area (Å²) in [6, 6.07) is 8.50. The van der Waals surface area contributed by atoms with Gasteiger partial charge >= 0.3 is 0 Å². The van der Waals surface area contributed by atoms with Crippen molar-refractivity contribution in [3.05, 3.63) is 71.1 Å². The number of nitrogens with zero attached hydrogens (tertiary/aromatic N) is 4. The number of imidazole rings is 2. The number of benzene rings is 2. The molecule has 2 aromatic carbocycles. The highest BCUT2D eigenvalue weighted by Gasteiger charge is 2.37. The Morgan fingerprint density at radius 3 is 2.68 bits per heavy atom. The summed E-state index contributed by atoms with van der Waals surface area (Å²) in [6.45, 7) is 16.9. The number of H-pyrrole nitrogens is 2. The number of carbonyl (C=O) groups is 2. The van der Waals surface area contributed by atoms with Crippen LogP contribution in [0.2, 0.25) is 0 Å². The highest BCUT2D eigenvalue weighted by atomic mass is 16.5. The molecule has 4 atom stereocenters. The van der Waals surface area contributed by atoms with E-state index in [0.717, 1.165) is 82.7 Å². The van der Waals surface area contributed by atoms with Crippen molar-refractivity contribution in [1.82, 2.24) is 29.7 Å². The van der Waals surface area contributed by atoms with E-state index in [-0.39, 0.29) is 29.3 Å². The zero-order valence-electron chi connectivity index (χ0n) is 30.7. The van der Waals surface area contributed by atoms with E-state index in [1.54, 1.807) is 0 Å². The molecule has 9 heteroatoms. The minimum absolute atomic E-state index is 0.0218. The van der Waals surface area contributed by atoms with Gasteiger partial charge in [-0.2, -0.15) is 0 Å². The second kappa shape index (κ2) is 13.4. The van der Waals surface area contributed by atoms with Crippen molar-refractivity contribution in [3.63, 3.8) is 0 Å². The predicted molar refractivity (Wildman–Crippen MR) is 199 cm³/mol. The third-order valence-electron chi connectivity index (χ3n) is 10.9. The van der Waals surface area contributed by atoms with Gasteiger partial charge in [0.1, 0.15) is 24.0 Å². The topological polar surface area (TPSA) is 107 Å². The molecule has 264 valence electrons. The minimum atomic E-state index is -0.278. The van der Waals surface area contributed by atoms with Crippen LogP contribution in [0.5, 0.6) is 5.75 Å². The molecule has 2 aromatic heterocycles. The lowest BCUT2D eigenvalue weighted by Gasteiger charge is -2.33. The number of amides is 2. The lowest BCUT2D eigenvalue weighted by molar-refractivity contribution is -0.134. The maximum Gasteiger partial charge on any atom is 0.223 e. The minimum Gasteiger partial charge on any atom is -0.488 e. The molecule has 0 radical (unpaired) electrons. The normalized spacial score (nSPS) is 22.3. The van der Waals surface area contributed by atoms with Crippen molar-refractivity contribution in [1.29, 1.82) is 0 Å². The monoisotopic (exact) mass is 676 g/mol. The van der Waals surface area contributed by atoms with E-state index in [1.807, 2.05) is 22.9 Å². The van der Waals surface area contributed by atoms with Crippen LogP contribution in [0.4, 0.5) is 0 Å². The summed E-state index contributed by atoms with van der Waals surface area (Å²) in [5.41, 5.74) is 6.16. The van der Waals surface area contributed by atoms with Crippen molar-refractivity contribution in [2.45, 2.75) is 104 Å². The number of hydrogen-bond donors (Lipinski definition) is 2. The second-order valence-corrected chi connectivity index (χ2v) is 15.6. The van der Waals surface area contributed by atoms with Gasteiger partial charge < -0.3 is 24.5 Å². The van der Waals surface area contributed by atoms with Crippen LogP contribution in [-0.2, 0) is 15.0 Å². The number of fused-ring (bicyclic) bond motifs is 6. The quantitative estimate of drug-likeness (QED) is 0.175. The molecule has 1 fully saturated rings. The fraction of sp³-hybridized carbons (Fsp3) is 0.512. The first-order chi connectivity index (χ1) is 24.0. The van der Waals surface area contributed by atoms with Gasteiger partial charge in [0.15, 0.2) is 0 Å². The molecule has 3 aliphatic rings. The zero-order chi connectivity index (χ0) is 35.3. The third kappa shape index (κ3) is 6.13. The van der Waals surface area contributed by atoms with Crippen LogP contribution < -0.4 is 4.74 Å². The zero-order valence-corrected chi connectivity index (χ0v) is 30.7. The lowest BCUT2D eigenvalue weighted by Crippen LogP contribution is -2.36. The van der Waals surface area contributed by atoms with Crippen molar-refractivity contribution in [3.8, 4) is 5.75 Å². The first-order valence-electron chi connectivity index (χ1n) is 18.7. The first kappa shape index (κ1) is 34.1. The Labute approximate surface area is 295 Å². The van der Waals surface area contributed by atoms with E-state index in [4.69, 9.17) is 14.7 Å². The van der Waals surface area contributed by atoms with E-state index in [9.17, 15) is 9.59 Å². The van der Waals surface area contributed by atoms with E-state index in [2.05, 4.69) is 87.9 Å². The number of nitrogens with one attached hydrogen (secondary N) is 2. The maximum absolute atomic E-state index is 13.0. The van der Waals surface area contributed by atoms with Gasteiger partial charge in [-0.15, -0.1) is 0 Å². The highest BCUT2D eigenvalue weighted by Crippen LogP contribution is 2.46. The smallest absolute Gasteiger partial charge is 0.223 e. The van der Waals surface area contributed by atoms with Gasteiger partial charge in [-0.05, 0) is 79.2 Å². The molecule has 0 saturated carbocycles. The third-order valence-corrected chi connectivity index (χ3v) is 10.9. The number of allylic oxidation sites excluding steroid dienone is 2. The fourth-order valence-corrected chi connectivity index (χ4v) is 8.20. The Hall–Kier alpha value is -4.40. The molecule has 0 bridgehead atoms. The Kier molecular flexibility index (Phi) is 9.12. The van der Waals surface area contributed by atoms with Gasteiger partial charge in [-0.3, -0.25) is 9.59 Å².